The topological polar surface area (TPSA) is 55.0 Å². The quantitative estimate of drug-likeness (QED) is 0.462. The third-order valence-electron chi connectivity index (χ3n) is 7.10. The molecule has 1 aliphatic heterocycles. The number of aryl methyl sites for hydroxylation is 1. The molecule has 0 radical (unpaired) electrons. The molecule has 0 N–H and O–H groups in total. The van der Waals surface area contributed by atoms with Crippen molar-refractivity contribution in [2.24, 2.45) is 7.05 Å². The number of aromatic nitrogens is 3. The van der Waals surface area contributed by atoms with Crippen LogP contribution in [-0.2, 0) is 24.6 Å². The van der Waals surface area contributed by atoms with Crippen molar-refractivity contribution in [1.82, 2.24) is 19.1 Å². The Hall–Kier alpha value is -2.92. The van der Waals surface area contributed by atoms with Gasteiger partial charge in [-0.3, -0.25) is 9.69 Å². The minimum absolute atomic E-state index is 0.0181. The van der Waals surface area contributed by atoms with Gasteiger partial charge in [-0.05, 0) is 32.4 Å². The van der Waals surface area contributed by atoms with E-state index < -0.39 is 23.6 Å². The van der Waals surface area contributed by atoms with E-state index in [1.54, 1.807) is 30.9 Å². The minimum atomic E-state index is -4.59. The highest BCUT2D eigenvalue weighted by molar-refractivity contribution is 5.69. The summed E-state index contributed by atoms with van der Waals surface area (Å²) in [5, 5.41) is 0. The number of halogens is 4. The lowest BCUT2D eigenvalue weighted by Crippen LogP contribution is -2.58. The lowest BCUT2D eigenvalue weighted by molar-refractivity contribution is -0.137. The summed E-state index contributed by atoms with van der Waals surface area (Å²) >= 11 is 0. The average Bonchev–Trinajstić information content (AvgIpc) is 3.25. The molecule has 3 heterocycles. The van der Waals surface area contributed by atoms with Crippen LogP contribution in [0.3, 0.4) is 0 Å². The second-order valence-electron chi connectivity index (χ2n) is 9.40. The number of rotatable bonds is 6. The average molecular weight is 510 g/mol. The third kappa shape index (κ3) is 4.73. The summed E-state index contributed by atoms with van der Waals surface area (Å²) in [7, 11) is 3.26. The molecular weight excluding hydrogens is 478 g/mol. The van der Waals surface area contributed by atoms with Crippen LogP contribution in [0.25, 0.3) is 5.65 Å². The summed E-state index contributed by atoms with van der Waals surface area (Å²) in [6.45, 7) is 7.26. The monoisotopic (exact) mass is 509 g/mol. The summed E-state index contributed by atoms with van der Waals surface area (Å²) in [6.07, 6.45) is -2.08. The van der Waals surface area contributed by atoms with Crippen molar-refractivity contribution in [3.63, 3.8) is 0 Å². The summed E-state index contributed by atoms with van der Waals surface area (Å²) in [5.74, 6) is -0.862. The Morgan fingerprint density at radius 3 is 2.56 bits per heavy atom. The molecule has 1 fully saturated rings. The zero-order valence-electron chi connectivity index (χ0n) is 21.0. The predicted molar refractivity (Wildman–Crippen MR) is 129 cm³/mol. The maximum absolute atomic E-state index is 14.8. The van der Waals surface area contributed by atoms with Crippen LogP contribution in [0.15, 0.2) is 35.3 Å². The van der Waals surface area contributed by atoms with Gasteiger partial charge in [0.15, 0.2) is 5.65 Å². The normalized spacial score (nSPS) is 20.3. The van der Waals surface area contributed by atoms with Gasteiger partial charge in [-0.2, -0.15) is 13.2 Å². The highest BCUT2D eigenvalue weighted by atomic mass is 19.4. The van der Waals surface area contributed by atoms with Gasteiger partial charge in [0.05, 0.1) is 29.7 Å². The first-order valence-corrected chi connectivity index (χ1v) is 11.9. The number of alkyl halides is 3. The summed E-state index contributed by atoms with van der Waals surface area (Å²) in [6, 6.07) is 3.81. The molecular formula is C25H31F4N5O2. The van der Waals surface area contributed by atoms with Gasteiger partial charge in [-0.25, -0.2) is 18.6 Å². The molecule has 1 saturated heterocycles. The largest absolute Gasteiger partial charge is 0.416 e. The number of hydrogen-bond acceptors (Lipinski definition) is 5. The molecule has 7 nitrogen and oxygen atoms in total. The molecule has 1 aromatic carbocycles. The van der Waals surface area contributed by atoms with E-state index >= 15 is 0 Å². The molecule has 3 aromatic rings. The molecule has 2 aromatic heterocycles. The van der Waals surface area contributed by atoms with E-state index in [0.717, 1.165) is 12.5 Å². The Labute approximate surface area is 206 Å². The second kappa shape index (κ2) is 9.85. The van der Waals surface area contributed by atoms with Crippen LogP contribution in [-0.4, -0.2) is 51.4 Å². The van der Waals surface area contributed by atoms with E-state index in [0.29, 0.717) is 42.8 Å². The number of ether oxygens (including phenoxy) is 1. The highest BCUT2D eigenvalue weighted by Gasteiger charge is 2.37. The molecule has 0 amide bonds. The number of benzene rings is 1. The van der Waals surface area contributed by atoms with Crippen molar-refractivity contribution in [1.29, 1.82) is 0 Å². The first-order valence-electron chi connectivity index (χ1n) is 11.9. The van der Waals surface area contributed by atoms with Gasteiger partial charge < -0.3 is 9.64 Å². The lowest BCUT2D eigenvalue weighted by atomic mass is 9.97. The summed E-state index contributed by atoms with van der Waals surface area (Å²) < 4.78 is 62.2. The number of fused-ring (bicyclic) bond motifs is 1. The minimum Gasteiger partial charge on any atom is -0.378 e. The summed E-state index contributed by atoms with van der Waals surface area (Å²) in [4.78, 5) is 21.7. The van der Waals surface area contributed by atoms with Gasteiger partial charge in [-0.15, -0.1) is 0 Å². The van der Waals surface area contributed by atoms with Crippen LogP contribution in [0.2, 0.25) is 0 Å². The number of nitrogens with zero attached hydrogens (tertiary/aromatic N) is 5. The molecule has 4 rings (SSSR count). The van der Waals surface area contributed by atoms with Crippen molar-refractivity contribution in [3.8, 4) is 0 Å². The van der Waals surface area contributed by atoms with Gasteiger partial charge in [0.2, 0.25) is 0 Å². The van der Waals surface area contributed by atoms with Crippen LogP contribution < -0.4 is 10.5 Å². The van der Waals surface area contributed by atoms with Crippen LogP contribution >= 0.6 is 0 Å². The Bertz CT molecular complexity index is 1300. The van der Waals surface area contributed by atoms with Crippen LogP contribution in [0.4, 0.5) is 23.2 Å². The smallest absolute Gasteiger partial charge is 0.378 e. The molecule has 1 aliphatic rings. The van der Waals surface area contributed by atoms with E-state index in [9.17, 15) is 22.4 Å². The number of piperazine rings is 1. The lowest BCUT2D eigenvalue weighted by Gasteiger charge is -2.48. The Balaban J connectivity index is 1.66. The molecule has 36 heavy (non-hydrogen) atoms. The van der Waals surface area contributed by atoms with Gasteiger partial charge in [-0.1, -0.05) is 13.0 Å². The predicted octanol–water partition coefficient (Wildman–Crippen LogP) is 4.39. The third-order valence-corrected chi connectivity index (χ3v) is 7.10. The maximum atomic E-state index is 14.8. The zero-order valence-corrected chi connectivity index (χ0v) is 21.0. The number of imidazole rings is 1. The van der Waals surface area contributed by atoms with Crippen molar-refractivity contribution in [3.05, 3.63) is 63.5 Å². The Morgan fingerprint density at radius 1 is 1.22 bits per heavy atom. The Morgan fingerprint density at radius 2 is 1.94 bits per heavy atom. The highest BCUT2D eigenvalue weighted by Crippen LogP contribution is 2.35. The van der Waals surface area contributed by atoms with Gasteiger partial charge in [0.25, 0.3) is 5.56 Å². The maximum Gasteiger partial charge on any atom is 0.416 e. The van der Waals surface area contributed by atoms with Gasteiger partial charge in [0, 0.05) is 57.0 Å². The van der Waals surface area contributed by atoms with E-state index in [4.69, 9.17) is 4.74 Å². The number of anilines is 1. The molecule has 1 unspecified atom stereocenters. The van der Waals surface area contributed by atoms with Gasteiger partial charge >= 0.3 is 6.18 Å². The number of hydrogen-bond donors (Lipinski definition) is 0. The molecule has 0 bridgehead atoms. The van der Waals surface area contributed by atoms with Gasteiger partial charge in [0.1, 0.15) is 5.82 Å². The molecule has 0 saturated carbocycles. The molecule has 0 spiro atoms. The van der Waals surface area contributed by atoms with E-state index in [2.05, 4.69) is 14.8 Å². The zero-order chi connectivity index (χ0) is 26.4. The standard InChI is InChI=1S/C25H31F4N5O2/c1-6-19-13-32(22-10-23(35)31(4)34-12-18(14-36-5)30-24(22)34)15(2)11-33(19)16(3)20-8-7-17(9-21(20)26)25(27,28)29/h7-10,12,15-16,19H,6,11,13-14H2,1-5H3/t15-,16?,19+/m0/s1. The van der Waals surface area contributed by atoms with Crippen LogP contribution in [0, 0.1) is 5.82 Å². The SMILES string of the molecule is CC[C@@H]1CN(c2cc(=O)n(C)n3cc(COC)nc23)[C@@H](C)CN1C(C)c1ccc(C(F)(F)F)cc1F. The van der Waals surface area contributed by atoms with Crippen molar-refractivity contribution in [2.75, 3.05) is 25.1 Å². The molecule has 196 valence electrons. The second-order valence-corrected chi connectivity index (χ2v) is 9.40. The number of methoxy groups -OCH3 is 1. The van der Waals surface area contributed by atoms with E-state index in [1.807, 2.05) is 20.8 Å². The van der Waals surface area contributed by atoms with Crippen molar-refractivity contribution >= 4 is 11.3 Å². The summed E-state index contributed by atoms with van der Waals surface area (Å²) in [5.41, 5.74) is 1.10. The first-order chi connectivity index (χ1) is 17.0. The first kappa shape index (κ1) is 26.2. The molecule has 3 atom stereocenters. The van der Waals surface area contributed by atoms with E-state index in [1.165, 1.54) is 10.7 Å². The Kier molecular flexibility index (Phi) is 7.16. The fraction of sp³-hybridized carbons (Fsp3) is 0.520. The molecule has 0 aliphatic carbocycles. The molecule has 11 heteroatoms. The van der Waals surface area contributed by atoms with Crippen LogP contribution in [0.1, 0.15) is 50.1 Å². The van der Waals surface area contributed by atoms with Crippen molar-refractivity contribution in [2.45, 2.75) is 58.1 Å². The van der Waals surface area contributed by atoms with Crippen molar-refractivity contribution < 1.29 is 22.3 Å². The van der Waals surface area contributed by atoms with Crippen LogP contribution in [0.5, 0.6) is 0 Å². The fourth-order valence-electron chi connectivity index (χ4n) is 5.09. The fourth-order valence-corrected chi connectivity index (χ4v) is 5.09. The van der Waals surface area contributed by atoms with E-state index in [-0.39, 0.29) is 23.2 Å².